The number of aryl methyl sites for hydroxylation is 1. The number of nitrogens with zero attached hydrogens (tertiary/aromatic N) is 1. The van der Waals surface area contributed by atoms with Crippen LogP contribution in [0.25, 0.3) is 21.7 Å². The van der Waals surface area contributed by atoms with E-state index in [1.807, 2.05) is 18.2 Å². The van der Waals surface area contributed by atoms with Crippen molar-refractivity contribution in [2.24, 2.45) is 0 Å². The average molecular weight is 281 g/mol. The Bertz CT molecular complexity index is 674. The Morgan fingerprint density at radius 2 is 2.17 bits per heavy atom. The molecule has 0 saturated carbocycles. The Hall–Kier alpha value is -1.52. The topological polar surface area (TPSA) is 37.9 Å². The molecule has 3 rings (SSSR count). The Balaban J connectivity index is 0.00000120. The van der Waals surface area contributed by atoms with E-state index in [-0.39, 0.29) is 12.4 Å². The van der Waals surface area contributed by atoms with Crippen LogP contribution >= 0.6 is 23.7 Å². The number of para-hydroxylation sites is 1. The van der Waals surface area contributed by atoms with E-state index in [9.17, 15) is 0 Å². The number of benzene rings is 1. The number of H-pyrrole nitrogens is 1. The van der Waals surface area contributed by atoms with E-state index in [1.165, 1.54) is 5.56 Å². The second-order valence-electron chi connectivity index (χ2n) is 3.93. The zero-order valence-electron chi connectivity index (χ0n) is 10.1. The Labute approximate surface area is 115 Å². The van der Waals surface area contributed by atoms with Gasteiger partial charge in [0, 0.05) is 0 Å². The lowest BCUT2D eigenvalue weighted by Crippen LogP contribution is -1.83. The highest BCUT2D eigenvalue weighted by Crippen LogP contribution is 2.29. The normalized spacial score (nSPS) is 10.3. The van der Waals surface area contributed by atoms with Gasteiger partial charge in [0.1, 0.15) is 17.1 Å². The maximum Gasteiger partial charge on any atom is 0.148 e. The average Bonchev–Trinajstić information content (AvgIpc) is 2.93. The predicted molar refractivity (Wildman–Crippen MR) is 77.9 cm³/mol. The first-order chi connectivity index (χ1) is 8.28. The molecule has 18 heavy (non-hydrogen) atoms. The van der Waals surface area contributed by atoms with E-state index in [0.717, 1.165) is 27.5 Å². The number of aromatic amines is 1. The minimum Gasteiger partial charge on any atom is -0.494 e. The van der Waals surface area contributed by atoms with E-state index in [4.69, 9.17) is 4.74 Å². The summed E-state index contributed by atoms with van der Waals surface area (Å²) in [5, 5.41) is 2.12. The van der Waals surface area contributed by atoms with Crippen LogP contribution in [0.4, 0.5) is 0 Å². The summed E-state index contributed by atoms with van der Waals surface area (Å²) in [7, 11) is 1.67. The molecule has 0 spiro atoms. The zero-order chi connectivity index (χ0) is 11.8. The smallest absolute Gasteiger partial charge is 0.148 e. The van der Waals surface area contributed by atoms with Gasteiger partial charge in [0.15, 0.2) is 0 Å². The molecule has 0 bridgehead atoms. The van der Waals surface area contributed by atoms with Gasteiger partial charge in [-0.1, -0.05) is 6.07 Å². The molecule has 2 heterocycles. The zero-order valence-corrected chi connectivity index (χ0v) is 11.7. The number of ether oxygens (including phenoxy) is 1. The number of methoxy groups -OCH3 is 1. The second kappa shape index (κ2) is 5.00. The van der Waals surface area contributed by atoms with Crippen molar-refractivity contribution in [3.63, 3.8) is 0 Å². The molecule has 0 aliphatic carbocycles. The van der Waals surface area contributed by atoms with Gasteiger partial charge in [0.05, 0.1) is 17.5 Å². The maximum atomic E-state index is 5.30. The summed E-state index contributed by atoms with van der Waals surface area (Å²) in [6.45, 7) is 2.09. The molecule has 0 radical (unpaired) electrons. The molecule has 0 atom stereocenters. The SMILES string of the molecule is COc1cccc2[nH]c(-c3cc(C)cs3)nc12.Cl. The highest BCUT2D eigenvalue weighted by atomic mass is 35.5. The minimum atomic E-state index is 0. The van der Waals surface area contributed by atoms with Crippen LogP contribution < -0.4 is 4.74 Å². The lowest BCUT2D eigenvalue weighted by atomic mass is 10.3. The van der Waals surface area contributed by atoms with E-state index in [1.54, 1.807) is 18.4 Å². The molecular weight excluding hydrogens is 268 g/mol. The van der Waals surface area contributed by atoms with E-state index < -0.39 is 0 Å². The second-order valence-corrected chi connectivity index (χ2v) is 4.84. The van der Waals surface area contributed by atoms with Crippen LogP contribution in [0.3, 0.4) is 0 Å². The summed E-state index contributed by atoms with van der Waals surface area (Å²) < 4.78 is 5.30. The van der Waals surface area contributed by atoms with Crippen molar-refractivity contribution in [3.05, 3.63) is 35.2 Å². The highest BCUT2D eigenvalue weighted by molar-refractivity contribution is 7.13. The predicted octanol–water partition coefficient (Wildman–Crippen LogP) is 4.03. The fourth-order valence-corrected chi connectivity index (χ4v) is 2.69. The van der Waals surface area contributed by atoms with Crippen LogP contribution in [-0.2, 0) is 0 Å². The van der Waals surface area contributed by atoms with Gasteiger partial charge < -0.3 is 9.72 Å². The van der Waals surface area contributed by atoms with Gasteiger partial charge in [-0.05, 0) is 36.1 Å². The Kier molecular flexibility index (Phi) is 3.59. The third-order valence-electron chi connectivity index (χ3n) is 2.66. The third-order valence-corrected chi connectivity index (χ3v) is 3.71. The first-order valence-corrected chi connectivity index (χ1v) is 6.24. The molecule has 0 saturated heterocycles. The number of nitrogens with one attached hydrogen (secondary N) is 1. The summed E-state index contributed by atoms with van der Waals surface area (Å²) in [6.07, 6.45) is 0. The van der Waals surface area contributed by atoms with Crippen molar-refractivity contribution >= 4 is 34.8 Å². The standard InChI is InChI=1S/C13H12N2OS.ClH/c1-8-6-11(17-7-8)13-14-9-4-3-5-10(16-2)12(9)15-13;/h3-7H,1-2H3,(H,14,15);1H. The van der Waals surface area contributed by atoms with Crippen LogP contribution in [0, 0.1) is 6.92 Å². The number of hydrogen-bond donors (Lipinski definition) is 1. The molecule has 0 aliphatic heterocycles. The molecule has 3 aromatic rings. The fraction of sp³-hybridized carbons (Fsp3) is 0.154. The van der Waals surface area contributed by atoms with Crippen molar-refractivity contribution in [3.8, 4) is 16.5 Å². The van der Waals surface area contributed by atoms with Crippen molar-refractivity contribution in [2.45, 2.75) is 6.92 Å². The third kappa shape index (κ3) is 2.09. The number of thiophene rings is 1. The molecule has 5 heteroatoms. The van der Waals surface area contributed by atoms with Crippen LogP contribution in [0.15, 0.2) is 29.6 Å². The molecule has 2 aromatic heterocycles. The minimum absolute atomic E-state index is 0. The first-order valence-electron chi connectivity index (χ1n) is 5.36. The molecule has 0 fully saturated rings. The van der Waals surface area contributed by atoms with E-state index in [0.29, 0.717) is 0 Å². The Morgan fingerprint density at radius 1 is 1.33 bits per heavy atom. The number of imidazole rings is 1. The maximum absolute atomic E-state index is 5.30. The summed E-state index contributed by atoms with van der Waals surface area (Å²) in [4.78, 5) is 9.07. The van der Waals surface area contributed by atoms with Gasteiger partial charge in [0.2, 0.25) is 0 Å². The first kappa shape index (κ1) is 12.9. The molecule has 0 aliphatic rings. The molecule has 1 aromatic carbocycles. The number of fused-ring (bicyclic) bond motifs is 1. The van der Waals surface area contributed by atoms with Crippen molar-refractivity contribution in [1.29, 1.82) is 0 Å². The molecule has 1 N–H and O–H groups in total. The number of aromatic nitrogens is 2. The largest absolute Gasteiger partial charge is 0.494 e. The van der Waals surface area contributed by atoms with Crippen LogP contribution in [0.5, 0.6) is 5.75 Å². The Morgan fingerprint density at radius 3 is 2.83 bits per heavy atom. The van der Waals surface area contributed by atoms with Gasteiger partial charge in [-0.2, -0.15) is 0 Å². The number of rotatable bonds is 2. The molecule has 0 unspecified atom stereocenters. The van der Waals surface area contributed by atoms with Crippen molar-refractivity contribution in [2.75, 3.05) is 7.11 Å². The van der Waals surface area contributed by atoms with Gasteiger partial charge >= 0.3 is 0 Å². The molecular formula is C13H13ClN2OS. The van der Waals surface area contributed by atoms with E-state index >= 15 is 0 Å². The number of hydrogen-bond acceptors (Lipinski definition) is 3. The fourth-order valence-electron chi connectivity index (χ4n) is 1.84. The molecule has 3 nitrogen and oxygen atoms in total. The highest BCUT2D eigenvalue weighted by Gasteiger charge is 2.10. The lowest BCUT2D eigenvalue weighted by molar-refractivity contribution is 0.419. The number of halogens is 1. The molecule has 0 amide bonds. The summed E-state index contributed by atoms with van der Waals surface area (Å²) >= 11 is 1.70. The summed E-state index contributed by atoms with van der Waals surface area (Å²) in [5.41, 5.74) is 3.15. The lowest BCUT2D eigenvalue weighted by Gasteiger charge is -1.97. The van der Waals surface area contributed by atoms with Crippen LogP contribution in [-0.4, -0.2) is 17.1 Å². The van der Waals surface area contributed by atoms with Crippen molar-refractivity contribution < 1.29 is 4.74 Å². The van der Waals surface area contributed by atoms with Gasteiger partial charge in [-0.15, -0.1) is 23.7 Å². The quantitative estimate of drug-likeness (QED) is 0.769. The monoisotopic (exact) mass is 280 g/mol. The summed E-state index contributed by atoms with van der Waals surface area (Å²) in [5.74, 6) is 1.71. The van der Waals surface area contributed by atoms with Crippen LogP contribution in [0.1, 0.15) is 5.56 Å². The van der Waals surface area contributed by atoms with Gasteiger partial charge in [-0.25, -0.2) is 4.98 Å². The molecule has 94 valence electrons. The van der Waals surface area contributed by atoms with E-state index in [2.05, 4.69) is 28.3 Å². The van der Waals surface area contributed by atoms with Crippen molar-refractivity contribution in [1.82, 2.24) is 9.97 Å². The summed E-state index contributed by atoms with van der Waals surface area (Å²) in [6, 6.07) is 8.03. The van der Waals surface area contributed by atoms with Crippen LogP contribution in [0.2, 0.25) is 0 Å². The van der Waals surface area contributed by atoms with Gasteiger partial charge in [0.25, 0.3) is 0 Å². The van der Waals surface area contributed by atoms with Gasteiger partial charge in [-0.3, -0.25) is 0 Å².